The zero-order chi connectivity index (χ0) is 17.2. The van der Waals surface area contributed by atoms with Gasteiger partial charge in [-0.05, 0) is 42.5 Å². The summed E-state index contributed by atoms with van der Waals surface area (Å²) in [5.41, 5.74) is 10.4. The predicted octanol–water partition coefficient (Wildman–Crippen LogP) is 4.06. The van der Waals surface area contributed by atoms with Crippen molar-refractivity contribution in [2.75, 3.05) is 11.1 Å². The average molecular weight is 328 g/mol. The quantitative estimate of drug-likeness (QED) is 0.496. The predicted molar refractivity (Wildman–Crippen MR) is 100 cm³/mol. The Morgan fingerprint density at radius 2 is 1.72 bits per heavy atom. The number of nitrogen functional groups attached to an aromatic ring is 1. The first-order valence-corrected chi connectivity index (χ1v) is 7.91. The lowest BCUT2D eigenvalue weighted by Crippen LogP contribution is -2.11. The Bertz CT molecular complexity index is 1040. The second-order valence-corrected chi connectivity index (χ2v) is 5.77. The molecule has 4 aromatic rings. The summed E-state index contributed by atoms with van der Waals surface area (Å²) in [7, 11) is 0. The molecule has 3 aromatic carbocycles. The summed E-state index contributed by atoms with van der Waals surface area (Å²) < 4.78 is 0. The van der Waals surface area contributed by atoms with Gasteiger partial charge in [0.1, 0.15) is 0 Å². The van der Waals surface area contributed by atoms with E-state index in [0.717, 1.165) is 22.2 Å². The Labute approximate surface area is 144 Å². The molecule has 0 aliphatic heterocycles. The van der Waals surface area contributed by atoms with E-state index >= 15 is 0 Å². The van der Waals surface area contributed by atoms with E-state index in [1.807, 2.05) is 48.5 Å². The van der Waals surface area contributed by atoms with Crippen LogP contribution in [0, 0.1) is 0 Å². The number of rotatable bonds is 3. The fraction of sp³-hybridized carbons (Fsp3) is 0. The molecule has 0 saturated carbocycles. The first kappa shape index (κ1) is 15.0. The highest BCUT2D eigenvalue weighted by Crippen LogP contribution is 2.28. The van der Waals surface area contributed by atoms with E-state index in [0.29, 0.717) is 16.9 Å². The number of anilines is 2. The summed E-state index contributed by atoms with van der Waals surface area (Å²) in [5.74, 6) is -0.177. The lowest BCUT2D eigenvalue weighted by molar-refractivity contribution is 0.102. The van der Waals surface area contributed by atoms with Crippen molar-refractivity contribution in [3.8, 4) is 11.3 Å². The summed E-state index contributed by atoms with van der Waals surface area (Å²) in [6, 6.07) is 22.5. The minimum atomic E-state index is -0.177. The Balaban J connectivity index is 1.67. The Morgan fingerprint density at radius 1 is 0.960 bits per heavy atom. The Morgan fingerprint density at radius 3 is 2.48 bits per heavy atom. The summed E-state index contributed by atoms with van der Waals surface area (Å²) >= 11 is 0. The molecule has 0 saturated heterocycles. The fourth-order valence-corrected chi connectivity index (χ4v) is 2.75. The number of fused-ring (bicyclic) bond motifs is 1. The van der Waals surface area contributed by atoms with Gasteiger partial charge in [0.15, 0.2) is 0 Å². The van der Waals surface area contributed by atoms with Crippen LogP contribution in [0.15, 0.2) is 72.8 Å². The molecule has 25 heavy (non-hydrogen) atoms. The number of nitrogens with zero attached hydrogens (tertiary/aromatic N) is 1. The van der Waals surface area contributed by atoms with Crippen molar-refractivity contribution in [2.45, 2.75) is 0 Å². The second-order valence-electron chi connectivity index (χ2n) is 5.77. The van der Waals surface area contributed by atoms with Crippen LogP contribution in [-0.2, 0) is 0 Å². The lowest BCUT2D eigenvalue weighted by Gasteiger charge is -2.06. The summed E-state index contributed by atoms with van der Waals surface area (Å²) in [6.45, 7) is 0. The third-order valence-corrected chi connectivity index (χ3v) is 4.04. The third-order valence-electron chi connectivity index (χ3n) is 4.04. The first-order valence-electron chi connectivity index (χ1n) is 7.91. The van der Waals surface area contributed by atoms with E-state index in [2.05, 4.69) is 15.5 Å². The molecule has 1 heterocycles. The van der Waals surface area contributed by atoms with E-state index in [9.17, 15) is 4.79 Å². The van der Waals surface area contributed by atoms with E-state index in [1.165, 1.54) is 0 Å². The Kier molecular flexibility index (Phi) is 3.67. The largest absolute Gasteiger partial charge is 0.399 e. The molecule has 0 bridgehead atoms. The van der Waals surface area contributed by atoms with Crippen LogP contribution in [0.3, 0.4) is 0 Å². The van der Waals surface area contributed by atoms with Gasteiger partial charge in [-0.2, -0.15) is 5.10 Å². The maximum absolute atomic E-state index is 12.4. The number of hydrogen-bond donors (Lipinski definition) is 3. The number of carbonyl (C=O) groups excluding carboxylic acids is 1. The molecular formula is C20H16N4O. The van der Waals surface area contributed by atoms with Crippen molar-refractivity contribution in [1.82, 2.24) is 10.2 Å². The second kappa shape index (κ2) is 6.13. The monoisotopic (exact) mass is 328 g/mol. The molecule has 0 radical (unpaired) electrons. The molecule has 122 valence electrons. The van der Waals surface area contributed by atoms with Crippen LogP contribution >= 0.6 is 0 Å². The van der Waals surface area contributed by atoms with Crippen LogP contribution in [0.4, 0.5) is 11.4 Å². The molecule has 0 spiro atoms. The summed E-state index contributed by atoms with van der Waals surface area (Å²) in [4.78, 5) is 12.4. The van der Waals surface area contributed by atoms with Crippen LogP contribution in [0.1, 0.15) is 10.4 Å². The Hall–Kier alpha value is -3.60. The van der Waals surface area contributed by atoms with Gasteiger partial charge in [-0.1, -0.05) is 30.3 Å². The van der Waals surface area contributed by atoms with Crippen molar-refractivity contribution >= 4 is 28.2 Å². The van der Waals surface area contributed by atoms with E-state index in [4.69, 9.17) is 5.73 Å². The molecule has 4 rings (SSSR count). The molecule has 0 atom stereocenters. The molecule has 0 aliphatic rings. The highest BCUT2D eigenvalue weighted by atomic mass is 16.1. The molecule has 1 aromatic heterocycles. The normalized spacial score (nSPS) is 10.7. The average Bonchev–Trinajstić information content (AvgIpc) is 3.06. The van der Waals surface area contributed by atoms with Gasteiger partial charge in [0.05, 0.1) is 11.2 Å². The molecule has 5 nitrogen and oxygen atoms in total. The molecular weight excluding hydrogens is 312 g/mol. The van der Waals surface area contributed by atoms with E-state index < -0.39 is 0 Å². The molecule has 5 heteroatoms. The van der Waals surface area contributed by atoms with E-state index in [1.54, 1.807) is 24.3 Å². The number of nitrogens with one attached hydrogen (secondary N) is 2. The highest BCUT2D eigenvalue weighted by molar-refractivity contribution is 6.06. The molecule has 0 fully saturated rings. The van der Waals surface area contributed by atoms with Crippen molar-refractivity contribution < 1.29 is 4.79 Å². The number of aromatic amines is 1. The zero-order valence-corrected chi connectivity index (χ0v) is 13.4. The van der Waals surface area contributed by atoms with E-state index in [-0.39, 0.29) is 5.91 Å². The van der Waals surface area contributed by atoms with Gasteiger partial charge in [-0.15, -0.1) is 0 Å². The minimum Gasteiger partial charge on any atom is -0.399 e. The van der Waals surface area contributed by atoms with Crippen molar-refractivity contribution in [3.05, 3.63) is 78.4 Å². The van der Waals surface area contributed by atoms with Crippen LogP contribution in [0.5, 0.6) is 0 Å². The fourth-order valence-electron chi connectivity index (χ4n) is 2.75. The van der Waals surface area contributed by atoms with Crippen molar-refractivity contribution in [2.24, 2.45) is 0 Å². The smallest absolute Gasteiger partial charge is 0.255 e. The lowest BCUT2D eigenvalue weighted by atomic mass is 10.1. The number of carbonyl (C=O) groups is 1. The van der Waals surface area contributed by atoms with Gasteiger partial charge < -0.3 is 11.1 Å². The van der Waals surface area contributed by atoms with Gasteiger partial charge in [0.25, 0.3) is 5.91 Å². The maximum atomic E-state index is 12.4. The molecule has 1 amide bonds. The number of amides is 1. The highest BCUT2D eigenvalue weighted by Gasteiger charge is 2.10. The van der Waals surface area contributed by atoms with Crippen molar-refractivity contribution in [1.29, 1.82) is 0 Å². The van der Waals surface area contributed by atoms with Crippen LogP contribution < -0.4 is 11.1 Å². The number of nitrogens with two attached hydrogens (primary N) is 1. The van der Waals surface area contributed by atoms with Gasteiger partial charge in [0, 0.05) is 27.9 Å². The maximum Gasteiger partial charge on any atom is 0.255 e. The molecule has 0 unspecified atom stereocenters. The topological polar surface area (TPSA) is 83.8 Å². The third kappa shape index (κ3) is 2.95. The van der Waals surface area contributed by atoms with Crippen molar-refractivity contribution in [3.63, 3.8) is 0 Å². The standard InChI is InChI=1S/C20H16N4O/c21-15-8-6-14(7-9-15)20(25)22-16-10-11-18-17(12-16)19(24-23-18)13-4-2-1-3-5-13/h1-12H,21H2,(H,22,25)(H,23,24). The van der Waals surface area contributed by atoms with Crippen LogP contribution in [0.25, 0.3) is 22.2 Å². The van der Waals surface area contributed by atoms with Gasteiger partial charge >= 0.3 is 0 Å². The number of aromatic nitrogens is 2. The number of hydrogen-bond acceptors (Lipinski definition) is 3. The van der Waals surface area contributed by atoms with Gasteiger partial charge in [0.2, 0.25) is 0 Å². The SMILES string of the molecule is Nc1ccc(C(=O)Nc2ccc3[nH]nc(-c4ccccc4)c3c2)cc1. The molecule has 4 N–H and O–H groups in total. The minimum absolute atomic E-state index is 0.177. The number of H-pyrrole nitrogens is 1. The number of benzene rings is 3. The van der Waals surface area contributed by atoms with Gasteiger partial charge in [-0.3, -0.25) is 9.89 Å². The zero-order valence-electron chi connectivity index (χ0n) is 13.4. The van der Waals surface area contributed by atoms with Gasteiger partial charge in [-0.25, -0.2) is 0 Å². The van der Waals surface area contributed by atoms with Crippen LogP contribution in [0.2, 0.25) is 0 Å². The van der Waals surface area contributed by atoms with Crippen LogP contribution in [-0.4, -0.2) is 16.1 Å². The summed E-state index contributed by atoms with van der Waals surface area (Å²) in [5, 5.41) is 11.3. The first-order chi connectivity index (χ1) is 12.2. The summed E-state index contributed by atoms with van der Waals surface area (Å²) in [6.07, 6.45) is 0. The molecule has 0 aliphatic carbocycles.